The van der Waals surface area contributed by atoms with Crippen molar-refractivity contribution < 1.29 is 0 Å². The molecule has 0 aliphatic carbocycles. The van der Waals surface area contributed by atoms with Crippen LogP contribution in [0.3, 0.4) is 0 Å². The minimum Gasteiger partial charge on any atom is -0.378 e. The Morgan fingerprint density at radius 1 is 1.31 bits per heavy atom. The minimum atomic E-state index is 0.699. The molecule has 0 amide bonds. The van der Waals surface area contributed by atoms with Crippen LogP contribution in [0.5, 0.6) is 0 Å². The summed E-state index contributed by atoms with van der Waals surface area (Å²) in [6.07, 6.45) is 3.30. The summed E-state index contributed by atoms with van der Waals surface area (Å²) in [5.74, 6) is 0. The van der Waals surface area contributed by atoms with Gasteiger partial charge in [-0.25, -0.2) is 9.97 Å². The Balaban J connectivity index is 2.05. The summed E-state index contributed by atoms with van der Waals surface area (Å²) in [6.45, 7) is 2.77. The molecule has 0 bridgehead atoms. The second-order valence-corrected chi connectivity index (χ2v) is 4.39. The highest BCUT2D eigenvalue weighted by atomic mass is 79.9. The molecule has 1 N–H and O–H groups in total. The highest BCUT2D eigenvalue weighted by Gasteiger charge is 1.99. The standard InChI is InChI=1S/C12H12BrN3/c1-9-2-3-12(11(13)6-9)15-7-10-4-5-14-8-16-10/h2-6,8,15H,7H2,1H3. The summed E-state index contributed by atoms with van der Waals surface area (Å²) in [7, 11) is 0. The second-order valence-electron chi connectivity index (χ2n) is 3.54. The molecule has 0 unspecified atom stereocenters. The molecule has 0 aliphatic rings. The topological polar surface area (TPSA) is 37.8 Å². The zero-order chi connectivity index (χ0) is 11.4. The third-order valence-corrected chi connectivity index (χ3v) is 2.88. The van der Waals surface area contributed by atoms with Crippen LogP contribution in [0.15, 0.2) is 41.3 Å². The number of aryl methyl sites for hydroxylation is 1. The third-order valence-electron chi connectivity index (χ3n) is 2.23. The molecule has 2 rings (SSSR count). The van der Waals surface area contributed by atoms with Crippen molar-refractivity contribution in [3.8, 4) is 0 Å². The first-order valence-corrected chi connectivity index (χ1v) is 5.80. The molecule has 0 spiro atoms. The van der Waals surface area contributed by atoms with Crippen LogP contribution >= 0.6 is 15.9 Å². The van der Waals surface area contributed by atoms with Gasteiger partial charge in [0.05, 0.1) is 12.2 Å². The maximum absolute atomic E-state index is 4.15. The Bertz CT molecular complexity index is 471. The average Bonchev–Trinajstić information content (AvgIpc) is 2.29. The maximum atomic E-state index is 4.15. The highest BCUT2D eigenvalue weighted by molar-refractivity contribution is 9.10. The lowest BCUT2D eigenvalue weighted by Crippen LogP contribution is -2.02. The molecule has 16 heavy (non-hydrogen) atoms. The average molecular weight is 278 g/mol. The number of rotatable bonds is 3. The summed E-state index contributed by atoms with van der Waals surface area (Å²) < 4.78 is 1.07. The summed E-state index contributed by atoms with van der Waals surface area (Å²) in [5.41, 5.74) is 3.28. The van der Waals surface area contributed by atoms with Crippen molar-refractivity contribution in [3.63, 3.8) is 0 Å². The van der Waals surface area contributed by atoms with Crippen LogP contribution < -0.4 is 5.32 Å². The number of hydrogen-bond donors (Lipinski definition) is 1. The Labute approximate surface area is 103 Å². The van der Waals surface area contributed by atoms with E-state index in [2.05, 4.69) is 56.3 Å². The van der Waals surface area contributed by atoms with Crippen molar-refractivity contribution in [3.05, 3.63) is 52.5 Å². The molecule has 0 aliphatic heterocycles. The number of aromatic nitrogens is 2. The fourth-order valence-corrected chi connectivity index (χ4v) is 2.01. The molecule has 1 heterocycles. The van der Waals surface area contributed by atoms with Gasteiger partial charge in [-0.2, -0.15) is 0 Å². The van der Waals surface area contributed by atoms with Crippen LogP contribution in [-0.2, 0) is 6.54 Å². The van der Waals surface area contributed by atoms with Gasteiger partial charge in [-0.1, -0.05) is 6.07 Å². The lowest BCUT2D eigenvalue weighted by atomic mass is 10.2. The summed E-state index contributed by atoms with van der Waals surface area (Å²) in [4.78, 5) is 8.03. The zero-order valence-corrected chi connectivity index (χ0v) is 10.5. The largest absolute Gasteiger partial charge is 0.378 e. The van der Waals surface area contributed by atoms with E-state index in [0.29, 0.717) is 6.54 Å². The van der Waals surface area contributed by atoms with Gasteiger partial charge >= 0.3 is 0 Å². The van der Waals surface area contributed by atoms with Crippen molar-refractivity contribution in [2.45, 2.75) is 13.5 Å². The molecule has 3 nitrogen and oxygen atoms in total. The molecule has 82 valence electrons. The Morgan fingerprint density at radius 2 is 2.19 bits per heavy atom. The van der Waals surface area contributed by atoms with Gasteiger partial charge in [0.2, 0.25) is 0 Å². The summed E-state index contributed by atoms with van der Waals surface area (Å²) in [6, 6.07) is 8.12. The van der Waals surface area contributed by atoms with Crippen molar-refractivity contribution in [2.75, 3.05) is 5.32 Å². The Kier molecular flexibility index (Phi) is 3.51. The van der Waals surface area contributed by atoms with E-state index in [1.807, 2.05) is 6.07 Å². The maximum Gasteiger partial charge on any atom is 0.115 e. The van der Waals surface area contributed by atoms with Crippen molar-refractivity contribution in [1.82, 2.24) is 9.97 Å². The third kappa shape index (κ3) is 2.79. The lowest BCUT2D eigenvalue weighted by Gasteiger charge is -2.08. The smallest absolute Gasteiger partial charge is 0.115 e. The highest BCUT2D eigenvalue weighted by Crippen LogP contribution is 2.23. The molecule has 0 radical (unpaired) electrons. The van der Waals surface area contributed by atoms with Gasteiger partial charge in [0.1, 0.15) is 6.33 Å². The van der Waals surface area contributed by atoms with Crippen molar-refractivity contribution >= 4 is 21.6 Å². The Hall–Kier alpha value is -1.42. The Morgan fingerprint density at radius 3 is 2.88 bits per heavy atom. The first-order chi connectivity index (χ1) is 7.75. The van der Waals surface area contributed by atoms with E-state index >= 15 is 0 Å². The number of nitrogens with zero attached hydrogens (tertiary/aromatic N) is 2. The first-order valence-electron chi connectivity index (χ1n) is 5.00. The minimum absolute atomic E-state index is 0.699. The quantitative estimate of drug-likeness (QED) is 0.937. The van der Waals surface area contributed by atoms with Gasteiger partial charge in [-0.05, 0) is 46.6 Å². The molecule has 0 saturated carbocycles. The SMILES string of the molecule is Cc1ccc(NCc2ccncn2)c(Br)c1. The fraction of sp³-hybridized carbons (Fsp3) is 0.167. The number of anilines is 1. The van der Waals surface area contributed by atoms with E-state index in [1.54, 1.807) is 12.5 Å². The van der Waals surface area contributed by atoms with Gasteiger partial charge in [-0.15, -0.1) is 0 Å². The predicted molar refractivity (Wildman–Crippen MR) is 68.2 cm³/mol. The summed E-state index contributed by atoms with van der Waals surface area (Å²) >= 11 is 3.53. The molecule has 0 fully saturated rings. The first kappa shape index (κ1) is 11.1. The van der Waals surface area contributed by atoms with E-state index in [1.165, 1.54) is 5.56 Å². The van der Waals surface area contributed by atoms with E-state index < -0.39 is 0 Å². The molecular formula is C12H12BrN3. The van der Waals surface area contributed by atoms with Crippen LogP contribution in [0, 0.1) is 6.92 Å². The number of benzene rings is 1. The fourth-order valence-electron chi connectivity index (χ4n) is 1.37. The number of halogens is 1. The molecule has 4 heteroatoms. The number of hydrogen-bond acceptors (Lipinski definition) is 3. The molecule has 1 aromatic carbocycles. The van der Waals surface area contributed by atoms with E-state index in [4.69, 9.17) is 0 Å². The van der Waals surface area contributed by atoms with Crippen LogP contribution in [-0.4, -0.2) is 9.97 Å². The van der Waals surface area contributed by atoms with Crippen LogP contribution in [0.4, 0.5) is 5.69 Å². The predicted octanol–water partition coefficient (Wildman–Crippen LogP) is 3.16. The lowest BCUT2D eigenvalue weighted by molar-refractivity contribution is 1.01. The van der Waals surface area contributed by atoms with Gasteiger partial charge in [0.15, 0.2) is 0 Å². The van der Waals surface area contributed by atoms with Crippen LogP contribution in [0.2, 0.25) is 0 Å². The van der Waals surface area contributed by atoms with Crippen molar-refractivity contribution in [2.24, 2.45) is 0 Å². The number of nitrogens with one attached hydrogen (secondary N) is 1. The van der Waals surface area contributed by atoms with E-state index in [-0.39, 0.29) is 0 Å². The molecular weight excluding hydrogens is 266 g/mol. The molecule has 1 aromatic heterocycles. The van der Waals surface area contributed by atoms with E-state index in [0.717, 1.165) is 15.9 Å². The molecule has 2 aromatic rings. The van der Waals surface area contributed by atoms with Gasteiger partial charge in [0, 0.05) is 16.4 Å². The van der Waals surface area contributed by atoms with E-state index in [9.17, 15) is 0 Å². The monoisotopic (exact) mass is 277 g/mol. The van der Waals surface area contributed by atoms with Gasteiger partial charge < -0.3 is 5.32 Å². The van der Waals surface area contributed by atoms with Crippen molar-refractivity contribution in [1.29, 1.82) is 0 Å². The molecule has 0 saturated heterocycles. The summed E-state index contributed by atoms with van der Waals surface area (Å²) in [5, 5.41) is 3.32. The van der Waals surface area contributed by atoms with Crippen LogP contribution in [0.25, 0.3) is 0 Å². The second kappa shape index (κ2) is 5.07. The zero-order valence-electron chi connectivity index (χ0n) is 8.94. The van der Waals surface area contributed by atoms with Gasteiger partial charge in [0.25, 0.3) is 0 Å². The van der Waals surface area contributed by atoms with Crippen LogP contribution in [0.1, 0.15) is 11.3 Å². The normalized spacial score (nSPS) is 10.1. The van der Waals surface area contributed by atoms with Gasteiger partial charge in [-0.3, -0.25) is 0 Å². The molecule has 0 atom stereocenters.